The Morgan fingerprint density at radius 3 is 2.59 bits per heavy atom. The lowest BCUT2D eigenvalue weighted by molar-refractivity contribution is -0.384. The maximum absolute atomic E-state index is 12.4. The van der Waals surface area contributed by atoms with Crippen molar-refractivity contribution in [3.05, 3.63) is 69.8 Å². The summed E-state index contributed by atoms with van der Waals surface area (Å²) in [6, 6.07) is 13.4. The fourth-order valence-electron chi connectivity index (χ4n) is 2.97. The van der Waals surface area contributed by atoms with Crippen molar-refractivity contribution in [2.75, 3.05) is 37.7 Å². The summed E-state index contributed by atoms with van der Waals surface area (Å²) in [5.41, 5.74) is 1.22. The van der Waals surface area contributed by atoms with Gasteiger partial charge in [0.1, 0.15) is 5.69 Å². The zero-order valence-corrected chi connectivity index (χ0v) is 14.7. The molecule has 1 aliphatic rings. The molecule has 1 saturated heterocycles. The molecule has 2 N–H and O–H groups in total. The van der Waals surface area contributed by atoms with Crippen molar-refractivity contribution in [3.8, 4) is 0 Å². The maximum Gasteiger partial charge on any atom is 0.293 e. The normalized spacial score (nSPS) is 15.2. The first-order valence-corrected chi connectivity index (χ1v) is 8.68. The van der Waals surface area contributed by atoms with E-state index in [4.69, 9.17) is 4.74 Å². The number of carbonyl (C=O) groups excluding carboxylic acids is 1. The van der Waals surface area contributed by atoms with Crippen LogP contribution in [-0.4, -0.2) is 48.8 Å². The number of aliphatic hydroxyl groups excluding tert-OH is 1. The summed E-state index contributed by atoms with van der Waals surface area (Å²) in [6.45, 7) is 2.17. The number of benzene rings is 2. The number of morpholine rings is 1. The number of hydrogen-bond acceptors (Lipinski definition) is 6. The van der Waals surface area contributed by atoms with Crippen LogP contribution in [0.25, 0.3) is 0 Å². The zero-order valence-electron chi connectivity index (χ0n) is 14.7. The summed E-state index contributed by atoms with van der Waals surface area (Å²) < 4.78 is 5.27. The van der Waals surface area contributed by atoms with E-state index in [2.05, 4.69) is 5.32 Å². The average Bonchev–Trinajstić information content (AvgIpc) is 2.72. The van der Waals surface area contributed by atoms with Gasteiger partial charge in [-0.1, -0.05) is 30.3 Å². The molecule has 3 rings (SSSR count). The Balaban J connectivity index is 1.71. The van der Waals surface area contributed by atoms with Gasteiger partial charge in [0.25, 0.3) is 11.6 Å². The third-order valence-electron chi connectivity index (χ3n) is 4.43. The van der Waals surface area contributed by atoms with E-state index in [0.717, 1.165) is 0 Å². The number of ether oxygens (including phenoxy) is 1. The third-order valence-corrected chi connectivity index (χ3v) is 4.43. The van der Waals surface area contributed by atoms with Gasteiger partial charge < -0.3 is 20.1 Å². The van der Waals surface area contributed by atoms with Gasteiger partial charge in [-0.3, -0.25) is 14.9 Å². The van der Waals surface area contributed by atoms with Crippen molar-refractivity contribution in [1.29, 1.82) is 0 Å². The second-order valence-corrected chi connectivity index (χ2v) is 6.20. The summed E-state index contributed by atoms with van der Waals surface area (Å²) in [6.07, 6.45) is -0.849. The molecule has 2 aromatic carbocycles. The number of rotatable bonds is 6. The van der Waals surface area contributed by atoms with Gasteiger partial charge >= 0.3 is 0 Å². The fraction of sp³-hybridized carbons (Fsp3) is 0.316. The molecular weight excluding hydrogens is 350 g/mol. The van der Waals surface area contributed by atoms with Gasteiger partial charge in [-0.05, 0) is 17.7 Å². The minimum Gasteiger partial charge on any atom is -0.387 e. The molecule has 1 unspecified atom stereocenters. The largest absolute Gasteiger partial charge is 0.387 e. The molecule has 1 fully saturated rings. The molecule has 0 aliphatic carbocycles. The van der Waals surface area contributed by atoms with Crippen LogP contribution in [0, 0.1) is 10.1 Å². The van der Waals surface area contributed by atoms with E-state index in [-0.39, 0.29) is 17.8 Å². The first-order valence-electron chi connectivity index (χ1n) is 8.68. The van der Waals surface area contributed by atoms with Gasteiger partial charge in [0.2, 0.25) is 0 Å². The molecular formula is C19H21N3O5. The summed E-state index contributed by atoms with van der Waals surface area (Å²) in [5, 5.41) is 24.2. The quantitative estimate of drug-likeness (QED) is 0.593. The Kier molecular flexibility index (Phi) is 6.00. The Morgan fingerprint density at radius 1 is 1.22 bits per heavy atom. The van der Waals surface area contributed by atoms with Gasteiger partial charge in [-0.2, -0.15) is 0 Å². The molecule has 1 heterocycles. The molecule has 8 heteroatoms. The highest BCUT2D eigenvalue weighted by molar-refractivity contribution is 5.95. The monoisotopic (exact) mass is 371 g/mol. The van der Waals surface area contributed by atoms with E-state index in [1.54, 1.807) is 36.4 Å². The molecule has 142 valence electrons. The van der Waals surface area contributed by atoms with E-state index >= 15 is 0 Å². The molecule has 1 aliphatic heterocycles. The number of nitro benzene ring substituents is 1. The molecule has 8 nitrogen and oxygen atoms in total. The highest BCUT2D eigenvalue weighted by atomic mass is 16.6. The summed E-state index contributed by atoms with van der Waals surface area (Å²) in [7, 11) is 0. The molecule has 1 atom stereocenters. The molecule has 1 amide bonds. The van der Waals surface area contributed by atoms with Crippen molar-refractivity contribution in [1.82, 2.24) is 5.32 Å². The smallest absolute Gasteiger partial charge is 0.293 e. The van der Waals surface area contributed by atoms with Crippen molar-refractivity contribution in [2.24, 2.45) is 0 Å². The lowest BCUT2D eigenvalue weighted by Crippen LogP contribution is -2.36. The predicted molar refractivity (Wildman–Crippen MR) is 99.9 cm³/mol. The highest BCUT2D eigenvalue weighted by Crippen LogP contribution is 2.30. The van der Waals surface area contributed by atoms with Crippen molar-refractivity contribution >= 4 is 17.3 Å². The first-order chi connectivity index (χ1) is 13.1. The second kappa shape index (κ2) is 8.61. The minimum absolute atomic E-state index is 0.0157. The SMILES string of the molecule is O=C(NCC(O)c1ccccc1)c1ccc(N2CCOCC2)c([N+](=O)[O-])c1. The number of hydrogen-bond donors (Lipinski definition) is 2. The van der Waals surface area contributed by atoms with Crippen molar-refractivity contribution in [2.45, 2.75) is 6.10 Å². The van der Waals surface area contributed by atoms with E-state index in [9.17, 15) is 20.0 Å². The Hall–Kier alpha value is -2.97. The Bertz CT molecular complexity index is 806. The van der Waals surface area contributed by atoms with Gasteiger partial charge in [-0.15, -0.1) is 0 Å². The van der Waals surface area contributed by atoms with Crippen molar-refractivity contribution < 1.29 is 19.6 Å². The summed E-state index contributed by atoms with van der Waals surface area (Å²) in [5.74, 6) is -0.471. The van der Waals surface area contributed by atoms with E-state index in [1.807, 2.05) is 11.0 Å². The molecule has 0 saturated carbocycles. The van der Waals surface area contributed by atoms with Crippen LogP contribution in [0.15, 0.2) is 48.5 Å². The molecule has 0 spiro atoms. The number of anilines is 1. The van der Waals surface area contributed by atoms with Gasteiger partial charge in [-0.25, -0.2) is 0 Å². The minimum atomic E-state index is -0.849. The number of nitro groups is 1. The van der Waals surface area contributed by atoms with Crippen LogP contribution >= 0.6 is 0 Å². The number of amides is 1. The summed E-state index contributed by atoms with van der Waals surface area (Å²) >= 11 is 0. The fourth-order valence-corrected chi connectivity index (χ4v) is 2.97. The van der Waals surface area contributed by atoms with Crippen LogP contribution in [-0.2, 0) is 4.74 Å². The number of aliphatic hydroxyl groups is 1. The van der Waals surface area contributed by atoms with Crippen LogP contribution < -0.4 is 10.2 Å². The van der Waals surface area contributed by atoms with Crippen molar-refractivity contribution in [3.63, 3.8) is 0 Å². The summed E-state index contributed by atoms with van der Waals surface area (Å²) in [4.78, 5) is 25.2. The number of nitrogens with zero attached hydrogens (tertiary/aromatic N) is 2. The third kappa shape index (κ3) is 4.60. The Labute approximate surface area is 156 Å². The number of nitrogens with one attached hydrogen (secondary N) is 1. The second-order valence-electron chi connectivity index (χ2n) is 6.20. The average molecular weight is 371 g/mol. The number of carbonyl (C=O) groups is 1. The van der Waals surface area contributed by atoms with Gasteiger partial charge in [0.05, 0.1) is 24.2 Å². The molecule has 27 heavy (non-hydrogen) atoms. The van der Waals surface area contributed by atoms with Gasteiger partial charge in [0.15, 0.2) is 0 Å². The highest BCUT2D eigenvalue weighted by Gasteiger charge is 2.23. The van der Waals surface area contributed by atoms with E-state index < -0.39 is 16.9 Å². The first kappa shape index (κ1) is 18.8. The van der Waals surface area contributed by atoms with Gasteiger partial charge in [0, 0.05) is 31.3 Å². The van der Waals surface area contributed by atoms with E-state index in [1.165, 1.54) is 6.07 Å². The molecule has 0 radical (unpaired) electrons. The molecule has 0 bridgehead atoms. The predicted octanol–water partition coefficient (Wildman–Crippen LogP) is 1.89. The molecule has 2 aromatic rings. The molecule has 0 aromatic heterocycles. The zero-order chi connectivity index (χ0) is 19.2. The van der Waals surface area contributed by atoms with Crippen LogP contribution in [0.4, 0.5) is 11.4 Å². The maximum atomic E-state index is 12.4. The van der Waals surface area contributed by atoms with E-state index in [0.29, 0.717) is 37.6 Å². The van der Waals surface area contributed by atoms with Crippen LogP contribution in [0.2, 0.25) is 0 Å². The lowest BCUT2D eigenvalue weighted by atomic mass is 10.1. The van der Waals surface area contributed by atoms with Crippen LogP contribution in [0.3, 0.4) is 0 Å². The topological polar surface area (TPSA) is 105 Å². The Morgan fingerprint density at radius 2 is 1.93 bits per heavy atom. The lowest BCUT2D eigenvalue weighted by Gasteiger charge is -2.28. The van der Waals surface area contributed by atoms with Crippen LogP contribution in [0.5, 0.6) is 0 Å². The standard InChI is InChI=1S/C19H21N3O5/c23-18(14-4-2-1-3-5-14)13-20-19(24)15-6-7-16(17(12-15)22(25)26)21-8-10-27-11-9-21/h1-7,12,18,23H,8-11,13H2,(H,20,24). The van der Waals surface area contributed by atoms with Crippen LogP contribution in [0.1, 0.15) is 22.0 Å².